The number of rotatable bonds is 4. The van der Waals surface area contributed by atoms with Crippen LogP contribution in [0, 0.1) is 12.7 Å². The predicted octanol–water partition coefficient (Wildman–Crippen LogP) is 3.22. The third kappa shape index (κ3) is 2.63. The van der Waals surface area contributed by atoms with Crippen LogP contribution in [0.1, 0.15) is 43.1 Å². The third-order valence-electron chi connectivity index (χ3n) is 3.29. The Kier molecular flexibility index (Phi) is 3.99. The molecule has 0 saturated heterocycles. The molecule has 4 nitrogen and oxygen atoms in total. The molecule has 0 aliphatic carbocycles. The molecule has 2 rings (SSSR count). The molecular formula is C14H17ClFN3O. The summed E-state index contributed by atoms with van der Waals surface area (Å²) in [7, 11) is 0. The second kappa shape index (κ2) is 5.40. The molecule has 6 heteroatoms. The summed E-state index contributed by atoms with van der Waals surface area (Å²) in [5.74, 6) is -0.0924. The van der Waals surface area contributed by atoms with Crippen LogP contribution < -0.4 is 5.73 Å². The molecule has 0 aliphatic rings. The summed E-state index contributed by atoms with van der Waals surface area (Å²) >= 11 is 6.15. The van der Waals surface area contributed by atoms with E-state index in [0.717, 1.165) is 5.52 Å². The van der Waals surface area contributed by atoms with Crippen molar-refractivity contribution in [3.8, 4) is 0 Å². The Bertz CT molecular complexity index is 666. The number of nitrogens with two attached hydrogens (primary N) is 1. The molecule has 0 aliphatic heterocycles. The van der Waals surface area contributed by atoms with Gasteiger partial charge in [0, 0.05) is 18.5 Å². The molecule has 2 aromatic rings. The number of primary amides is 1. The van der Waals surface area contributed by atoms with Gasteiger partial charge in [0.2, 0.25) is 5.91 Å². The van der Waals surface area contributed by atoms with E-state index in [1.54, 1.807) is 19.9 Å². The first-order valence-corrected chi connectivity index (χ1v) is 6.85. The Morgan fingerprint density at radius 1 is 1.50 bits per heavy atom. The number of hydrogen-bond donors (Lipinski definition) is 1. The molecular weight excluding hydrogens is 281 g/mol. The minimum atomic E-state index is -0.397. The molecule has 0 bridgehead atoms. The van der Waals surface area contributed by atoms with Crippen molar-refractivity contribution in [1.29, 1.82) is 0 Å². The molecule has 1 aromatic heterocycles. The monoisotopic (exact) mass is 297 g/mol. The molecule has 0 spiro atoms. The number of halogens is 2. The lowest BCUT2D eigenvalue weighted by atomic mass is 10.1. The largest absolute Gasteiger partial charge is 0.370 e. The number of benzene rings is 1. The SMILES string of the molecule is Cc1cc2c(cc1F)nc(C(C)Cl)n2C(C)CC(N)=O. The van der Waals surface area contributed by atoms with E-state index in [-0.39, 0.29) is 23.7 Å². The van der Waals surface area contributed by atoms with Gasteiger partial charge in [0.25, 0.3) is 0 Å². The van der Waals surface area contributed by atoms with Crippen molar-refractivity contribution >= 4 is 28.5 Å². The van der Waals surface area contributed by atoms with Gasteiger partial charge in [-0.05, 0) is 32.4 Å². The first kappa shape index (κ1) is 14.8. The highest BCUT2D eigenvalue weighted by molar-refractivity contribution is 6.20. The van der Waals surface area contributed by atoms with Gasteiger partial charge in [0.15, 0.2) is 0 Å². The number of aromatic nitrogens is 2. The number of nitrogens with zero attached hydrogens (tertiary/aromatic N) is 2. The Morgan fingerprint density at radius 2 is 2.15 bits per heavy atom. The van der Waals surface area contributed by atoms with Gasteiger partial charge in [-0.1, -0.05) is 0 Å². The fraction of sp³-hybridized carbons (Fsp3) is 0.429. The van der Waals surface area contributed by atoms with Crippen molar-refractivity contribution in [3.63, 3.8) is 0 Å². The zero-order chi connectivity index (χ0) is 15.0. The number of fused-ring (bicyclic) bond motifs is 1. The van der Waals surface area contributed by atoms with Gasteiger partial charge in [0.05, 0.1) is 16.4 Å². The van der Waals surface area contributed by atoms with Crippen LogP contribution in [0.5, 0.6) is 0 Å². The lowest BCUT2D eigenvalue weighted by Crippen LogP contribution is -2.19. The number of imidazole rings is 1. The average Bonchev–Trinajstić information content (AvgIpc) is 2.67. The third-order valence-corrected chi connectivity index (χ3v) is 3.49. The Hall–Kier alpha value is -1.62. The quantitative estimate of drug-likeness (QED) is 0.881. The maximum absolute atomic E-state index is 13.6. The maximum atomic E-state index is 13.6. The van der Waals surface area contributed by atoms with E-state index in [0.29, 0.717) is 16.9 Å². The molecule has 2 atom stereocenters. The molecule has 0 radical (unpaired) electrons. The summed E-state index contributed by atoms with van der Waals surface area (Å²) in [6.45, 7) is 5.35. The number of carbonyl (C=O) groups excluding carboxylic acids is 1. The van der Waals surface area contributed by atoms with Crippen LogP contribution in [0.4, 0.5) is 4.39 Å². The average molecular weight is 298 g/mol. The van der Waals surface area contributed by atoms with E-state index >= 15 is 0 Å². The first-order chi connectivity index (χ1) is 9.31. The number of amides is 1. The van der Waals surface area contributed by atoms with Crippen LogP contribution in [0.15, 0.2) is 12.1 Å². The highest BCUT2D eigenvalue weighted by Crippen LogP contribution is 2.30. The van der Waals surface area contributed by atoms with Crippen LogP contribution in [-0.4, -0.2) is 15.5 Å². The van der Waals surface area contributed by atoms with Gasteiger partial charge < -0.3 is 10.3 Å². The van der Waals surface area contributed by atoms with Crippen molar-refractivity contribution < 1.29 is 9.18 Å². The summed E-state index contributed by atoms with van der Waals surface area (Å²) in [4.78, 5) is 15.5. The lowest BCUT2D eigenvalue weighted by Gasteiger charge is -2.17. The van der Waals surface area contributed by atoms with E-state index in [1.807, 2.05) is 11.5 Å². The van der Waals surface area contributed by atoms with Crippen LogP contribution in [0.3, 0.4) is 0 Å². The van der Waals surface area contributed by atoms with Gasteiger partial charge in [0.1, 0.15) is 11.6 Å². The topological polar surface area (TPSA) is 60.9 Å². The van der Waals surface area contributed by atoms with E-state index < -0.39 is 5.91 Å². The molecule has 2 N–H and O–H groups in total. The van der Waals surface area contributed by atoms with Crippen molar-refractivity contribution in [3.05, 3.63) is 29.3 Å². The smallest absolute Gasteiger partial charge is 0.219 e. The van der Waals surface area contributed by atoms with Gasteiger partial charge in [-0.25, -0.2) is 9.37 Å². The maximum Gasteiger partial charge on any atom is 0.219 e. The minimum Gasteiger partial charge on any atom is -0.370 e. The van der Waals surface area contributed by atoms with Gasteiger partial charge >= 0.3 is 0 Å². The summed E-state index contributed by atoms with van der Waals surface area (Å²) in [5, 5.41) is -0.346. The molecule has 108 valence electrons. The van der Waals surface area contributed by atoms with Crippen LogP contribution in [-0.2, 0) is 4.79 Å². The summed E-state index contributed by atoms with van der Waals surface area (Å²) in [6, 6.07) is 2.93. The normalized spacial score (nSPS) is 14.4. The highest BCUT2D eigenvalue weighted by atomic mass is 35.5. The van der Waals surface area contributed by atoms with E-state index in [9.17, 15) is 9.18 Å². The highest BCUT2D eigenvalue weighted by Gasteiger charge is 2.21. The first-order valence-electron chi connectivity index (χ1n) is 6.41. The van der Waals surface area contributed by atoms with Crippen LogP contribution in [0.2, 0.25) is 0 Å². The summed E-state index contributed by atoms with van der Waals surface area (Å²) in [6.07, 6.45) is 0.179. The van der Waals surface area contributed by atoms with Gasteiger partial charge in [-0.2, -0.15) is 0 Å². The predicted molar refractivity (Wildman–Crippen MR) is 77.2 cm³/mol. The molecule has 2 unspecified atom stereocenters. The Balaban J connectivity index is 2.67. The fourth-order valence-corrected chi connectivity index (χ4v) is 2.52. The van der Waals surface area contributed by atoms with Crippen LogP contribution >= 0.6 is 11.6 Å². The minimum absolute atomic E-state index is 0.179. The van der Waals surface area contributed by atoms with E-state index in [1.165, 1.54) is 6.07 Å². The zero-order valence-electron chi connectivity index (χ0n) is 11.7. The molecule has 1 aromatic carbocycles. The fourth-order valence-electron chi connectivity index (χ4n) is 2.37. The molecule has 0 saturated carbocycles. The summed E-state index contributed by atoms with van der Waals surface area (Å²) in [5.41, 5.74) is 7.08. The molecule has 1 heterocycles. The number of carbonyl (C=O) groups is 1. The Labute approximate surface area is 121 Å². The van der Waals surface area contributed by atoms with Crippen molar-refractivity contribution in [2.24, 2.45) is 5.73 Å². The molecule has 20 heavy (non-hydrogen) atoms. The van der Waals surface area contributed by atoms with Crippen molar-refractivity contribution in [2.45, 2.75) is 38.6 Å². The van der Waals surface area contributed by atoms with Crippen molar-refractivity contribution in [2.75, 3.05) is 0 Å². The molecule has 0 fully saturated rings. The molecule has 1 amide bonds. The number of hydrogen-bond acceptors (Lipinski definition) is 2. The van der Waals surface area contributed by atoms with Crippen LogP contribution in [0.25, 0.3) is 11.0 Å². The second-order valence-corrected chi connectivity index (χ2v) is 5.72. The lowest BCUT2D eigenvalue weighted by molar-refractivity contribution is -0.118. The second-order valence-electron chi connectivity index (χ2n) is 5.07. The number of aryl methyl sites for hydroxylation is 1. The standard InChI is InChI=1S/C14H17ClFN3O/c1-7-4-12-11(6-10(7)16)18-14(9(3)15)19(12)8(2)5-13(17)20/h4,6,8-9H,5H2,1-3H3,(H2,17,20). The van der Waals surface area contributed by atoms with Crippen molar-refractivity contribution in [1.82, 2.24) is 9.55 Å². The van der Waals surface area contributed by atoms with Gasteiger partial charge in [-0.15, -0.1) is 11.6 Å². The Morgan fingerprint density at radius 3 is 2.70 bits per heavy atom. The number of alkyl halides is 1. The summed E-state index contributed by atoms with van der Waals surface area (Å²) < 4.78 is 15.5. The zero-order valence-corrected chi connectivity index (χ0v) is 12.4. The van der Waals surface area contributed by atoms with E-state index in [2.05, 4.69) is 4.98 Å². The van der Waals surface area contributed by atoms with Gasteiger partial charge in [-0.3, -0.25) is 4.79 Å². The van der Waals surface area contributed by atoms with E-state index in [4.69, 9.17) is 17.3 Å².